The molecule has 1 saturated heterocycles. The lowest BCUT2D eigenvalue weighted by Crippen LogP contribution is -2.63. The minimum absolute atomic E-state index is 0.0364. The summed E-state index contributed by atoms with van der Waals surface area (Å²) in [4.78, 5) is 18.1. The number of morpholine rings is 1. The summed E-state index contributed by atoms with van der Waals surface area (Å²) in [5, 5.41) is 9.24. The van der Waals surface area contributed by atoms with Gasteiger partial charge in [-0.25, -0.2) is 4.79 Å². The van der Waals surface area contributed by atoms with E-state index in [9.17, 15) is 9.90 Å². The van der Waals surface area contributed by atoms with Gasteiger partial charge in [0.25, 0.3) is 0 Å². The van der Waals surface area contributed by atoms with Crippen molar-refractivity contribution in [2.24, 2.45) is 0 Å². The van der Waals surface area contributed by atoms with Gasteiger partial charge < -0.3 is 9.84 Å². The van der Waals surface area contributed by atoms with Gasteiger partial charge in [-0.15, -0.1) is 0 Å². The molecule has 126 valence electrons. The average Bonchev–Trinajstić information content (AvgIpc) is 2.45. The summed E-state index contributed by atoms with van der Waals surface area (Å²) in [7, 11) is 0. The second-order valence-corrected chi connectivity index (χ2v) is 7.90. The standard InChI is InChI=1S/C18H26N2O3/c1-17(2,3)15-6-5-13(9-19-15)10-20-11-14(16(21)22)23-12-18(20)7-4-8-18/h5-6,9,14H,4,7-8,10-12H2,1-3H3,(H,21,22). The van der Waals surface area contributed by atoms with Crippen LogP contribution in [0.25, 0.3) is 0 Å². The number of ether oxygens (including phenoxy) is 1. The van der Waals surface area contributed by atoms with Crippen molar-refractivity contribution in [1.82, 2.24) is 9.88 Å². The molecule has 1 aromatic heterocycles. The van der Waals surface area contributed by atoms with Gasteiger partial charge in [-0.1, -0.05) is 26.8 Å². The normalized spacial score (nSPS) is 24.4. The summed E-state index contributed by atoms with van der Waals surface area (Å²) < 4.78 is 5.57. The summed E-state index contributed by atoms with van der Waals surface area (Å²) in [6.45, 7) is 8.17. The molecule has 0 aromatic carbocycles. The number of pyridine rings is 1. The second kappa shape index (κ2) is 5.87. The molecule has 1 unspecified atom stereocenters. The third-order valence-electron chi connectivity index (χ3n) is 5.14. The molecule has 1 aliphatic heterocycles. The number of aliphatic carboxylic acids is 1. The first kappa shape index (κ1) is 16.4. The van der Waals surface area contributed by atoms with Crippen LogP contribution in [0.4, 0.5) is 0 Å². The van der Waals surface area contributed by atoms with E-state index in [1.165, 1.54) is 6.42 Å². The Morgan fingerprint density at radius 3 is 2.65 bits per heavy atom. The Hall–Kier alpha value is -1.46. The molecule has 5 heteroatoms. The molecule has 1 aliphatic carbocycles. The van der Waals surface area contributed by atoms with Crippen LogP contribution in [0.15, 0.2) is 18.3 Å². The first-order valence-electron chi connectivity index (χ1n) is 8.35. The molecule has 1 saturated carbocycles. The summed E-state index contributed by atoms with van der Waals surface area (Å²) in [6, 6.07) is 4.20. The number of hydrogen-bond donors (Lipinski definition) is 1. The molecule has 1 N–H and O–H groups in total. The van der Waals surface area contributed by atoms with E-state index in [1.807, 2.05) is 6.20 Å². The highest BCUT2D eigenvalue weighted by molar-refractivity contribution is 5.72. The minimum Gasteiger partial charge on any atom is -0.479 e. The molecule has 2 fully saturated rings. The fourth-order valence-electron chi connectivity index (χ4n) is 3.40. The average molecular weight is 318 g/mol. The lowest BCUT2D eigenvalue weighted by Gasteiger charge is -2.54. The van der Waals surface area contributed by atoms with Gasteiger partial charge in [-0.05, 0) is 30.9 Å². The first-order chi connectivity index (χ1) is 10.8. The number of hydrogen-bond acceptors (Lipinski definition) is 4. The monoisotopic (exact) mass is 318 g/mol. The minimum atomic E-state index is -0.870. The molecule has 0 bridgehead atoms. The van der Waals surface area contributed by atoms with Gasteiger partial charge in [-0.2, -0.15) is 0 Å². The molecule has 1 aromatic rings. The Morgan fingerprint density at radius 2 is 2.17 bits per heavy atom. The number of aromatic nitrogens is 1. The SMILES string of the molecule is CC(C)(C)c1ccc(CN2CC(C(=O)O)OCC23CCC3)cn1. The second-order valence-electron chi connectivity index (χ2n) is 7.90. The van der Waals surface area contributed by atoms with Crippen LogP contribution in [-0.2, 0) is 21.5 Å². The zero-order valence-electron chi connectivity index (χ0n) is 14.2. The zero-order valence-corrected chi connectivity index (χ0v) is 14.2. The van der Waals surface area contributed by atoms with E-state index >= 15 is 0 Å². The van der Waals surface area contributed by atoms with Crippen LogP contribution < -0.4 is 0 Å². The van der Waals surface area contributed by atoms with E-state index < -0.39 is 12.1 Å². The Morgan fingerprint density at radius 1 is 1.43 bits per heavy atom. The van der Waals surface area contributed by atoms with E-state index in [4.69, 9.17) is 4.74 Å². The fourth-order valence-corrected chi connectivity index (χ4v) is 3.40. The van der Waals surface area contributed by atoms with Gasteiger partial charge in [0.05, 0.1) is 6.61 Å². The van der Waals surface area contributed by atoms with Crippen molar-refractivity contribution in [2.45, 2.75) is 63.6 Å². The highest BCUT2D eigenvalue weighted by Gasteiger charge is 2.48. The topological polar surface area (TPSA) is 62.7 Å². The Bertz CT molecular complexity index is 573. The lowest BCUT2D eigenvalue weighted by atomic mass is 9.74. The zero-order chi connectivity index (χ0) is 16.7. The molecule has 2 aliphatic rings. The van der Waals surface area contributed by atoms with E-state index in [-0.39, 0.29) is 11.0 Å². The van der Waals surface area contributed by atoms with Crippen LogP contribution in [0.5, 0.6) is 0 Å². The number of carbonyl (C=O) groups is 1. The molecular weight excluding hydrogens is 292 g/mol. The summed E-state index contributed by atoms with van der Waals surface area (Å²) >= 11 is 0. The highest BCUT2D eigenvalue weighted by atomic mass is 16.5. The maximum absolute atomic E-state index is 11.3. The van der Waals surface area contributed by atoms with Crippen molar-refractivity contribution in [3.05, 3.63) is 29.6 Å². The smallest absolute Gasteiger partial charge is 0.334 e. The van der Waals surface area contributed by atoms with Crippen molar-refractivity contribution in [3.8, 4) is 0 Å². The predicted octanol–water partition coefficient (Wildman–Crippen LogP) is 2.59. The van der Waals surface area contributed by atoms with Crippen LogP contribution in [0.2, 0.25) is 0 Å². The van der Waals surface area contributed by atoms with E-state index in [0.717, 1.165) is 30.6 Å². The Labute approximate surface area is 137 Å². The highest BCUT2D eigenvalue weighted by Crippen LogP contribution is 2.41. The maximum Gasteiger partial charge on any atom is 0.334 e. The molecule has 0 radical (unpaired) electrons. The summed E-state index contributed by atoms with van der Waals surface area (Å²) in [5.74, 6) is -0.870. The molecule has 5 nitrogen and oxygen atoms in total. The van der Waals surface area contributed by atoms with Crippen LogP contribution in [0.3, 0.4) is 0 Å². The number of nitrogens with zero attached hydrogens (tertiary/aromatic N) is 2. The Kier molecular flexibility index (Phi) is 4.19. The molecule has 2 heterocycles. The molecule has 3 rings (SSSR count). The molecule has 0 amide bonds. The lowest BCUT2D eigenvalue weighted by molar-refractivity contribution is -0.178. The van der Waals surface area contributed by atoms with Crippen LogP contribution in [0, 0.1) is 0 Å². The number of rotatable bonds is 3. The molecule has 23 heavy (non-hydrogen) atoms. The number of carboxylic acids is 1. The maximum atomic E-state index is 11.3. The van der Waals surface area contributed by atoms with Crippen molar-refractivity contribution >= 4 is 5.97 Å². The van der Waals surface area contributed by atoms with Crippen molar-refractivity contribution in [1.29, 1.82) is 0 Å². The largest absolute Gasteiger partial charge is 0.479 e. The van der Waals surface area contributed by atoms with Gasteiger partial charge >= 0.3 is 5.97 Å². The van der Waals surface area contributed by atoms with E-state index in [0.29, 0.717) is 13.2 Å². The quantitative estimate of drug-likeness (QED) is 0.928. The van der Waals surface area contributed by atoms with Gasteiger partial charge in [0.2, 0.25) is 0 Å². The number of carboxylic acid groups (broad SMARTS) is 1. The summed E-state index contributed by atoms with van der Waals surface area (Å²) in [5.41, 5.74) is 2.29. The van der Waals surface area contributed by atoms with Crippen LogP contribution in [0.1, 0.15) is 51.3 Å². The van der Waals surface area contributed by atoms with Gasteiger partial charge in [0.15, 0.2) is 6.10 Å². The first-order valence-corrected chi connectivity index (χ1v) is 8.35. The van der Waals surface area contributed by atoms with Gasteiger partial charge in [0.1, 0.15) is 0 Å². The van der Waals surface area contributed by atoms with Crippen molar-refractivity contribution in [2.75, 3.05) is 13.2 Å². The van der Waals surface area contributed by atoms with E-state index in [1.54, 1.807) is 0 Å². The molecule has 1 spiro atoms. The van der Waals surface area contributed by atoms with E-state index in [2.05, 4.69) is 42.8 Å². The Balaban J connectivity index is 1.74. The van der Waals surface area contributed by atoms with Gasteiger partial charge in [0, 0.05) is 35.9 Å². The summed E-state index contributed by atoms with van der Waals surface area (Å²) in [6.07, 6.45) is 4.58. The van der Waals surface area contributed by atoms with Crippen molar-refractivity contribution in [3.63, 3.8) is 0 Å². The van der Waals surface area contributed by atoms with Gasteiger partial charge in [-0.3, -0.25) is 9.88 Å². The van der Waals surface area contributed by atoms with Crippen LogP contribution >= 0.6 is 0 Å². The molecule has 1 atom stereocenters. The fraction of sp³-hybridized carbons (Fsp3) is 0.667. The van der Waals surface area contributed by atoms with Crippen molar-refractivity contribution < 1.29 is 14.6 Å². The predicted molar refractivity (Wildman–Crippen MR) is 87.3 cm³/mol. The molecular formula is C18H26N2O3. The third kappa shape index (κ3) is 3.26. The van der Waals surface area contributed by atoms with Crippen LogP contribution in [-0.4, -0.2) is 45.8 Å². The third-order valence-corrected chi connectivity index (χ3v) is 5.14.